The molecule has 0 bridgehead atoms. The van der Waals surface area contributed by atoms with Crippen LogP contribution in [0.1, 0.15) is 0 Å². The number of thiophene rings is 1. The van der Waals surface area contributed by atoms with Gasteiger partial charge in [0.25, 0.3) is 0 Å². The minimum Gasteiger partial charge on any atom is -0.227 e. The zero-order valence-electron chi connectivity index (χ0n) is 9.12. The summed E-state index contributed by atoms with van der Waals surface area (Å²) in [7, 11) is 0. The topological polar surface area (TPSA) is 25.8 Å². The van der Waals surface area contributed by atoms with Crippen LogP contribution < -0.4 is 0 Å². The zero-order valence-corrected chi connectivity index (χ0v) is 10.7. The van der Waals surface area contributed by atoms with E-state index in [1.54, 1.807) is 11.4 Å². The number of halogens is 4. The van der Waals surface area contributed by atoms with Gasteiger partial charge in [-0.15, -0.1) is 11.3 Å². The number of nitrogens with zero attached hydrogens (tertiary/aromatic N) is 2. The fraction of sp³-hybridized carbons (Fsp3) is 0. The van der Waals surface area contributed by atoms with Crippen molar-refractivity contribution in [1.29, 1.82) is 0 Å². The highest BCUT2D eigenvalue weighted by Crippen LogP contribution is 2.31. The van der Waals surface area contributed by atoms with Gasteiger partial charge < -0.3 is 0 Å². The van der Waals surface area contributed by atoms with Gasteiger partial charge in [-0.2, -0.15) is 0 Å². The molecule has 1 aromatic carbocycles. The molecule has 0 amide bonds. The minimum absolute atomic E-state index is 0.109. The van der Waals surface area contributed by atoms with E-state index in [1.165, 1.54) is 11.3 Å². The molecule has 0 radical (unpaired) electrons. The standard InChI is InChI=1S/C12H4ClF3N2S/c13-11-10-8(1-2-19-10)17-12(18-11)9-6(15)3-5(14)4-7(9)16/h1-4H. The van der Waals surface area contributed by atoms with Crippen molar-refractivity contribution in [1.82, 2.24) is 9.97 Å². The number of benzene rings is 1. The van der Waals surface area contributed by atoms with E-state index >= 15 is 0 Å². The van der Waals surface area contributed by atoms with Gasteiger partial charge >= 0.3 is 0 Å². The largest absolute Gasteiger partial charge is 0.227 e. The molecule has 19 heavy (non-hydrogen) atoms. The summed E-state index contributed by atoms with van der Waals surface area (Å²) in [4.78, 5) is 7.89. The van der Waals surface area contributed by atoms with Crippen LogP contribution in [0.4, 0.5) is 13.2 Å². The maximum atomic E-state index is 13.7. The first-order valence-corrected chi connectivity index (χ1v) is 6.37. The molecule has 7 heteroatoms. The molecule has 0 unspecified atom stereocenters. The third kappa shape index (κ3) is 2.06. The molecule has 0 fully saturated rings. The molecule has 3 aromatic rings. The van der Waals surface area contributed by atoms with E-state index < -0.39 is 23.0 Å². The molecule has 0 aliphatic rings. The summed E-state index contributed by atoms with van der Waals surface area (Å²) in [5.74, 6) is -3.33. The van der Waals surface area contributed by atoms with E-state index in [0.29, 0.717) is 22.3 Å². The summed E-state index contributed by atoms with van der Waals surface area (Å²) in [6.45, 7) is 0. The van der Waals surface area contributed by atoms with Gasteiger partial charge in [-0.1, -0.05) is 11.6 Å². The molecule has 0 saturated heterocycles. The SMILES string of the molecule is Fc1cc(F)c(-c2nc(Cl)c3sccc3n2)c(F)c1. The Balaban J connectivity index is 2.30. The predicted octanol–water partition coefficient (Wildman–Crippen LogP) is 4.43. The van der Waals surface area contributed by atoms with Crippen molar-refractivity contribution in [2.45, 2.75) is 0 Å². The van der Waals surface area contributed by atoms with Crippen molar-refractivity contribution in [2.24, 2.45) is 0 Å². The molecule has 0 spiro atoms. The van der Waals surface area contributed by atoms with Gasteiger partial charge in [-0.3, -0.25) is 0 Å². The Morgan fingerprint density at radius 3 is 2.42 bits per heavy atom. The minimum atomic E-state index is -1.07. The molecule has 3 rings (SSSR count). The Bertz CT molecular complexity index is 765. The Hall–Kier alpha value is -1.66. The second kappa shape index (κ2) is 4.47. The zero-order chi connectivity index (χ0) is 13.6. The lowest BCUT2D eigenvalue weighted by molar-refractivity contribution is 0.547. The highest BCUT2D eigenvalue weighted by molar-refractivity contribution is 7.17. The van der Waals surface area contributed by atoms with Gasteiger partial charge in [0, 0.05) is 12.1 Å². The maximum Gasteiger partial charge on any atom is 0.167 e. The molecule has 2 aromatic heterocycles. The summed E-state index contributed by atoms with van der Waals surface area (Å²) < 4.78 is 40.8. The van der Waals surface area contributed by atoms with Gasteiger partial charge in [0.05, 0.1) is 15.8 Å². The highest BCUT2D eigenvalue weighted by atomic mass is 35.5. The summed E-state index contributed by atoms with van der Waals surface area (Å²) in [6, 6.07) is 2.82. The molecule has 0 atom stereocenters. The molecular weight excluding hydrogens is 297 g/mol. The van der Waals surface area contributed by atoms with Crippen molar-refractivity contribution in [3.63, 3.8) is 0 Å². The van der Waals surface area contributed by atoms with E-state index in [1.807, 2.05) is 0 Å². The van der Waals surface area contributed by atoms with E-state index in [-0.39, 0.29) is 11.0 Å². The van der Waals surface area contributed by atoms with Crippen LogP contribution >= 0.6 is 22.9 Å². The smallest absolute Gasteiger partial charge is 0.167 e. The van der Waals surface area contributed by atoms with Crippen LogP contribution in [-0.2, 0) is 0 Å². The maximum absolute atomic E-state index is 13.7. The van der Waals surface area contributed by atoms with E-state index in [2.05, 4.69) is 9.97 Å². The second-order valence-electron chi connectivity index (χ2n) is 3.72. The van der Waals surface area contributed by atoms with Crippen LogP contribution in [0, 0.1) is 17.5 Å². The number of rotatable bonds is 1. The predicted molar refractivity (Wildman–Crippen MR) is 67.7 cm³/mol. The monoisotopic (exact) mass is 300 g/mol. The van der Waals surface area contributed by atoms with Crippen LogP contribution in [0.25, 0.3) is 21.6 Å². The summed E-state index contributed by atoms with van der Waals surface area (Å²) >= 11 is 7.25. The Morgan fingerprint density at radius 1 is 1.05 bits per heavy atom. The molecule has 0 N–H and O–H groups in total. The van der Waals surface area contributed by atoms with Crippen LogP contribution in [0.3, 0.4) is 0 Å². The lowest BCUT2D eigenvalue weighted by Crippen LogP contribution is -1.97. The first kappa shape index (κ1) is 12.4. The third-order valence-corrected chi connectivity index (χ3v) is 3.79. The normalized spacial score (nSPS) is 11.2. The van der Waals surface area contributed by atoms with Gasteiger partial charge in [0.2, 0.25) is 0 Å². The fourth-order valence-electron chi connectivity index (χ4n) is 1.70. The van der Waals surface area contributed by atoms with E-state index in [4.69, 9.17) is 11.6 Å². The van der Waals surface area contributed by atoms with Crippen LogP contribution in [-0.4, -0.2) is 9.97 Å². The molecule has 0 saturated carbocycles. The number of hydrogen-bond donors (Lipinski definition) is 0. The Morgan fingerprint density at radius 2 is 1.74 bits per heavy atom. The van der Waals surface area contributed by atoms with Gasteiger partial charge in [0.15, 0.2) is 11.0 Å². The average Bonchev–Trinajstić information content (AvgIpc) is 2.76. The Labute approximate surface area is 114 Å². The lowest BCUT2D eigenvalue weighted by Gasteiger charge is -2.05. The summed E-state index contributed by atoms with van der Waals surface area (Å²) in [5.41, 5.74) is -0.000440. The van der Waals surface area contributed by atoms with Crippen LogP contribution in [0.2, 0.25) is 5.15 Å². The molecule has 0 aliphatic carbocycles. The third-order valence-electron chi connectivity index (χ3n) is 2.49. The Kier molecular flexibility index (Phi) is 2.91. The van der Waals surface area contributed by atoms with E-state index in [0.717, 1.165) is 0 Å². The van der Waals surface area contributed by atoms with Crippen molar-refractivity contribution >= 4 is 33.2 Å². The quantitative estimate of drug-likeness (QED) is 0.621. The first-order valence-electron chi connectivity index (χ1n) is 5.12. The molecule has 96 valence electrons. The molecule has 2 nitrogen and oxygen atoms in total. The van der Waals surface area contributed by atoms with Crippen molar-refractivity contribution in [2.75, 3.05) is 0 Å². The van der Waals surface area contributed by atoms with Gasteiger partial charge in [0.1, 0.15) is 17.5 Å². The van der Waals surface area contributed by atoms with Crippen molar-refractivity contribution in [3.8, 4) is 11.4 Å². The second-order valence-corrected chi connectivity index (χ2v) is 4.99. The number of aromatic nitrogens is 2. The summed E-state index contributed by atoms with van der Waals surface area (Å²) in [6.07, 6.45) is 0. The van der Waals surface area contributed by atoms with Gasteiger partial charge in [-0.05, 0) is 11.4 Å². The van der Waals surface area contributed by atoms with E-state index in [9.17, 15) is 13.2 Å². The number of fused-ring (bicyclic) bond motifs is 1. The van der Waals surface area contributed by atoms with Crippen LogP contribution in [0.5, 0.6) is 0 Å². The van der Waals surface area contributed by atoms with Crippen LogP contribution in [0.15, 0.2) is 23.6 Å². The van der Waals surface area contributed by atoms with Crippen molar-refractivity contribution in [3.05, 3.63) is 46.2 Å². The summed E-state index contributed by atoms with van der Waals surface area (Å²) in [5, 5.41) is 1.85. The lowest BCUT2D eigenvalue weighted by atomic mass is 10.1. The van der Waals surface area contributed by atoms with Gasteiger partial charge in [-0.25, -0.2) is 23.1 Å². The first-order chi connectivity index (χ1) is 9.06. The molecular formula is C12H4ClF3N2S. The molecule has 0 aliphatic heterocycles. The molecule has 2 heterocycles. The number of hydrogen-bond acceptors (Lipinski definition) is 3. The fourth-order valence-corrected chi connectivity index (χ4v) is 2.72. The van der Waals surface area contributed by atoms with Crippen molar-refractivity contribution < 1.29 is 13.2 Å². The highest BCUT2D eigenvalue weighted by Gasteiger charge is 2.18. The average molecular weight is 301 g/mol.